The van der Waals surface area contributed by atoms with Gasteiger partial charge in [-0.3, -0.25) is 0 Å². The lowest BCUT2D eigenvalue weighted by Crippen LogP contribution is -2.41. The van der Waals surface area contributed by atoms with Crippen molar-refractivity contribution in [3.05, 3.63) is 12.2 Å². The minimum atomic E-state index is -3.31. The molecule has 1 atom stereocenters. The molecule has 0 fully saturated rings. The maximum Gasteiger partial charge on any atom is 0.215 e. The molecule has 1 aromatic heterocycles. The number of nitrogens with one attached hydrogen (secondary N) is 2. The first-order valence-corrected chi connectivity index (χ1v) is 7.43. The van der Waals surface area contributed by atoms with Crippen molar-refractivity contribution in [2.45, 2.75) is 38.5 Å². The van der Waals surface area contributed by atoms with Crippen LogP contribution in [0.2, 0.25) is 0 Å². The third-order valence-corrected chi connectivity index (χ3v) is 4.23. The Labute approximate surface area is 107 Å². The van der Waals surface area contributed by atoms with E-state index >= 15 is 0 Å². The molecule has 0 radical (unpaired) electrons. The topological polar surface area (TPSA) is 97.1 Å². The van der Waals surface area contributed by atoms with E-state index < -0.39 is 15.3 Å². The molecule has 8 heteroatoms. The molecule has 0 aliphatic heterocycles. The molecule has 1 rings (SSSR count). The van der Waals surface area contributed by atoms with Crippen LogP contribution < -0.4 is 10.0 Å². The highest BCUT2D eigenvalue weighted by Gasteiger charge is 2.20. The molecule has 104 valence electrons. The normalized spacial score (nSPS) is 14.0. The quantitative estimate of drug-likeness (QED) is 0.689. The van der Waals surface area contributed by atoms with E-state index in [9.17, 15) is 8.42 Å². The van der Waals surface area contributed by atoms with Crippen LogP contribution >= 0.6 is 0 Å². The SMILES string of the molecule is CC(C)NCC(C)S(=O)(=O)NCCc1ncon1. The maximum absolute atomic E-state index is 11.9. The summed E-state index contributed by atoms with van der Waals surface area (Å²) in [5.41, 5.74) is 0. The first-order valence-electron chi connectivity index (χ1n) is 5.89. The van der Waals surface area contributed by atoms with Gasteiger partial charge in [0.2, 0.25) is 16.4 Å². The summed E-state index contributed by atoms with van der Waals surface area (Å²) >= 11 is 0. The monoisotopic (exact) mass is 276 g/mol. The first-order chi connectivity index (χ1) is 8.42. The minimum absolute atomic E-state index is 0.266. The second-order valence-electron chi connectivity index (χ2n) is 4.41. The van der Waals surface area contributed by atoms with E-state index in [1.165, 1.54) is 6.39 Å². The van der Waals surface area contributed by atoms with E-state index in [1.54, 1.807) is 6.92 Å². The highest BCUT2D eigenvalue weighted by Crippen LogP contribution is 1.98. The number of rotatable bonds is 8. The lowest BCUT2D eigenvalue weighted by molar-refractivity contribution is 0.409. The molecule has 0 spiro atoms. The molecule has 0 amide bonds. The zero-order valence-corrected chi connectivity index (χ0v) is 11.7. The van der Waals surface area contributed by atoms with Gasteiger partial charge in [0.25, 0.3) is 0 Å². The lowest BCUT2D eigenvalue weighted by atomic mass is 10.3. The Morgan fingerprint density at radius 2 is 2.11 bits per heavy atom. The predicted molar refractivity (Wildman–Crippen MR) is 67.5 cm³/mol. The van der Waals surface area contributed by atoms with Gasteiger partial charge in [-0.25, -0.2) is 13.1 Å². The average molecular weight is 276 g/mol. The standard InChI is InChI=1S/C10H20N4O3S/c1-8(2)11-6-9(3)18(15,16)13-5-4-10-12-7-17-14-10/h7-9,11,13H,4-6H2,1-3H3. The maximum atomic E-state index is 11.9. The van der Waals surface area contributed by atoms with Crippen LogP contribution in [0.4, 0.5) is 0 Å². The van der Waals surface area contributed by atoms with Gasteiger partial charge in [-0.15, -0.1) is 0 Å². The van der Waals surface area contributed by atoms with Crippen molar-refractivity contribution in [3.63, 3.8) is 0 Å². The fraction of sp³-hybridized carbons (Fsp3) is 0.800. The van der Waals surface area contributed by atoms with Crippen LogP contribution in [0.15, 0.2) is 10.9 Å². The fourth-order valence-electron chi connectivity index (χ4n) is 1.26. The molecule has 7 nitrogen and oxygen atoms in total. The van der Waals surface area contributed by atoms with Crippen molar-refractivity contribution in [2.75, 3.05) is 13.1 Å². The second kappa shape index (κ2) is 6.81. The highest BCUT2D eigenvalue weighted by atomic mass is 32.2. The highest BCUT2D eigenvalue weighted by molar-refractivity contribution is 7.90. The van der Waals surface area contributed by atoms with Crippen LogP contribution in [0.5, 0.6) is 0 Å². The van der Waals surface area contributed by atoms with Crippen LogP contribution in [-0.4, -0.2) is 42.9 Å². The average Bonchev–Trinajstić information content (AvgIpc) is 2.78. The van der Waals surface area contributed by atoms with Crippen LogP contribution in [0.1, 0.15) is 26.6 Å². The second-order valence-corrected chi connectivity index (χ2v) is 6.59. The summed E-state index contributed by atoms with van der Waals surface area (Å²) in [5.74, 6) is 0.491. The molecule has 0 aromatic carbocycles. The van der Waals surface area contributed by atoms with Gasteiger partial charge in [0.1, 0.15) is 0 Å². The molecule has 2 N–H and O–H groups in total. The van der Waals surface area contributed by atoms with Crippen molar-refractivity contribution < 1.29 is 12.9 Å². The van der Waals surface area contributed by atoms with Gasteiger partial charge in [0, 0.05) is 25.6 Å². The molecule has 18 heavy (non-hydrogen) atoms. The van der Waals surface area contributed by atoms with Crippen molar-refractivity contribution in [3.8, 4) is 0 Å². The van der Waals surface area contributed by atoms with Gasteiger partial charge in [-0.1, -0.05) is 19.0 Å². The zero-order valence-electron chi connectivity index (χ0n) is 10.9. The van der Waals surface area contributed by atoms with Gasteiger partial charge >= 0.3 is 0 Å². The Balaban J connectivity index is 2.34. The Hall–Kier alpha value is -0.990. The van der Waals surface area contributed by atoms with Gasteiger partial charge in [0.05, 0.1) is 5.25 Å². The van der Waals surface area contributed by atoms with Crippen LogP contribution in [0, 0.1) is 0 Å². The molecule has 1 heterocycles. The number of sulfonamides is 1. The van der Waals surface area contributed by atoms with E-state index in [4.69, 9.17) is 0 Å². The smallest absolute Gasteiger partial charge is 0.215 e. The van der Waals surface area contributed by atoms with E-state index in [1.807, 2.05) is 13.8 Å². The third-order valence-electron chi connectivity index (χ3n) is 2.40. The summed E-state index contributed by atoms with van der Waals surface area (Å²) in [5, 5.41) is 6.22. The molecule has 0 bridgehead atoms. The first kappa shape index (κ1) is 15.1. The van der Waals surface area contributed by atoms with Crippen LogP contribution in [0.25, 0.3) is 0 Å². The summed E-state index contributed by atoms with van der Waals surface area (Å²) in [4.78, 5) is 3.82. The Morgan fingerprint density at radius 3 is 2.67 bits per heavy atom. The molecular formula is C10H20N4O3S. The minimum Gasteiger partial charge on any atom is -0.343 e. The summed E-state index contributed by atoms with van der Waals surface area (Å²) in [6.07, 6.45) is 1.64. The number of hydrogen-bond donors (Lipinski definition) is 2. The van der Waals surface area contributed by atoms with E-state index in [2.05, 4.69) is 24.7 Å². The lowest BCUT2D eigenvalue weighted by Gasteiger charge is -2.16. The predicted octanol–water partition coefficient (Wildman–Crippen LogP) is -0.0820. The van der Waals surface area contributed by atoms with Crippen molar-refractivity contribution >= 4 is 10.0 Å². The molecule has 0 saturated heterocycles. The number of nitrogens with zero attached hydrogens (tertiary/aromatic N) is 2. The number of aromatic nitrogens is 2. The van der Waals surface area contributed by atoms with Gasteiger partial charge in [-0.05, 0) is 6.92 Å². The van der Waals surface area contributed by atoms with Crippen LogP contribution in [-0.2, 0) is 16.4 Å². The largest absolute Gasteiger partial charge is 0.343 e. The molecule has 1 unspecified atom stereocenters. The Kier molecular flexibility index (Phi) is 5.70. The van der Waals surface area contributed by atoms with E-state index in [-0.39, 0.29) is 12.6 Å². The van der Waals surface area contributed by atoms with Gasteiger partial charge in [-0.2, -0.15) is 4.98 Å². The Morgan fingerprint density at radius 1 is 1.39 bits per heavy atom. The number of hydrogen-bond acceptors (Lipinski definition) is 6. The molecule has 1 aromatic rings. The van der Waals surface area contributed by atoms with Crippen molar-refractivity contribution in [1.82, 2.24) is 20.2 Å². The molecule has 0 aliphatic rings. The summed E-state index contributed by atoms with van der Waals surface area (Å²) in [6, 6.07) is 0.266. The van der Waals surface area contributed by atoms with Crippen molar-refractivity contribution in [2.24, 2.45) is 0 Å². The summed E-state index contributed by atoms with van der Waals surface area (Å²) in [7, 11) is -3.31. The fourth-order valence-corrected chi connectivity index (χ4v) is 2.25. The zero-order chi connectivity index (χ0) is 13.6. The van der Waals surface area contributed by atoms with E-state index in [0.717, 1.165) is 0 Å². The molecule has 0 aliphatic carbocycles. The van der Waals surface area contributed by atoms with Crippen molar-refractivity contribution in [1.29, 1.82) is 0 Å². The Bertz CT molecular complexity index is 430. The summed E-state index contributed by atoms with van der Waals surface area (Å²) < 4.78 is 30.8. The third kappa shape index (κ3) is 5.11. The molecule has 0 saturated carbocycles. The molecular weight excluding hydrogens is 256 g/mol. The summed E-state index contributed by atoms with van der Waals surface area (Å²) in [6.45, 7) is 6.32. The van der Waals surface area contributed by atoms with Gasteiger partial charge in [0.15, 0.2) is 5.82 Å². The van der Waals surface area contributed by atoms with Gasteiger partial charge < -0.3 is 9.84 Å². The van der Waals surface area contributed by atoms with Crippen LogP contribution in [0.3, 0.4) is 0 Å². The van der Waals surface area contributed by atoms with E-state index in [0.29, 0.717) is 18.8 Å².